The Bertz CT molecular complexity index is 428. The molecule has 118 valence electrons. The van der Waals surface area contributed by atoms with Crippen LogP contribution < -0.4 is 11.1 Å². The summed E-state index contributed by atoms with van der Waals surface area (Å²) in [6, 6.07) is -0.448. The van der Waals surface area contributed by atoms with E-state index < -0.39 is 18.1 Å². The highest BCUT2D eigenvalue weighted by atomic mass is 16.3. The maximum Gasteiger partial charge on any atom is 0.240 e. The minimum absolute atomic E-state index is 0.0700. The number of piperidine rings is 1. The second-order valence-corrected chi connectivity index (χ2v) is 6.75. The van der Waals surface area contributed by atoms with E-state index in [1.807, 2.05) is 0 Å². The molecule has 3 aliphatic rings. The standard InChI is InChI=1S/C15H25N3O3/c16-14(20)13-7-10(19)8-18(13)15(21)12-6-5-9-3-1-2-4-11(9)17-12/h9-13,17,19H,1-8H2,(H2,16,20). The summed E-state index contributed by atoms with van der Waals surface area (Å²) in [5.74, 6) is 0.101. The summed E-state index contributed by atoms with van der Waals surface area (Å²) >= 11 is 0. The van der Waals surface area contributed by atoms with Crippen molar-refractivity contribution in [3.63, 3.8) is 0 Å². The van der Waals surface area contributed by atoms with Gasteiger partial charge in [-0.15, -0.1) is 0 Å². The molecular weight excluding hydrogens is 270 g/mol. The maximum absolute atomic E-state index is 12.7. The number of nitrogens with one attached hydrogen (secondary N) is 1. The predicted molar refractivity (Wildman–Crippen MR) is 77.2 cm³/mol. The third-order valence-corrected chi connectivity index (χ3v) is 5.34. The van der Waals surface area contributed by atoms with Crippen LogP contribution in [0.25, 0.3) is 0 Å². The second-order valence-electron chi connectivity index (χ2n) is 6.75. The molecule has 0 aromatic carbocycles. The van der Waals surface area contributed by atoms with Crippen molar-refractivity contribution in [3.05, 3.63) is 0 Å². The molecule has 6 nitrogen and oxygen atoms in total. The van der Waals surface area contributed by atoms with Crippen LogP contribution in [0.4, 0.5) is 0 Å². The van der Waals surface area contributed by atoms with Crippen molar-refractivity contribution in [3.8, 4) is 0 Å². The molecule has 0 radical (unpaired) electrons. The van der Waals surface area contributed by atoms with Crippen LogP contribution in [0.1, 0.15) is 44.9 Å². The van der Waals surface area contributed by atoms with Crippen LogP contribution in [0.15, 0.2) is 0 Å². The summed E-state index contributed by atoms with van der Waals surface area (Å²) in [4.78, 5) is 25.6. The molecule has 21 heavy (non-hydrogen) atoms. The van der Waals surface area contributed by atoms with Crippen molar-refractivity contribution in [2.24, 2.45) is 11.7 Å². The first-order valence-electron chi connectivity index (χ1n) is 8.10. The molecule has 5 unspecified atom stereocenters. The highest BCUT2D eigenvalue weighted by Crippen LogP contribution is 2.33. The summed E-state index contributed by atoms with van der Waals surface area (Å²) < 4.78 is 0. The van der Waals surface area contributed by atoms with Crippen molar-refractivity contribution in [1.82, 2.24) is 10.2 Å². The lowest BCUT2D eigenvalue weighted by Crippen LogP contribution is -2.57. The molecule has 1 aliphatic carbocycles. The molecule has 6 heteroatoms. The van der Waals surface area contributed by atoms with E-state index in [4.69, 9.17) is 5.73 Å². The monoisotopic (exact) mass is 295 g/mol. The van der Waals surface area contributed by atoms with Crippen molar-refractivity contribution in [2.75, 3.05) is 6.54 Å². The van der Waals surface area contributed by atoms with Crippen molar-refractivity contribution < 1.29 is 14.7 Å². The summed E-state index contributed by atoms with van der Waals surface area (Å²) in [6.07, 6.45) is 6.42. The number of nitrogens with zero attached hydrogens (tertiary/aromatic N) is 1. The number of fused-ring (bicyclic) bond motifs is 1. The van der Waals surface area contributed by atoms with E-state index >= 15 is 0 Å². The van der Waals surface area contributed by atoms with E-state index in [2.05, 4.69) is 5.32 Å². The number of aliphatic hydroxyl groups excluding tert-OH is 1. The minimum Gasteiger partial charge on any atom is -0.391 e. The van der Waals surface area contributed by atoms with Crippen molar-refractivity contribution in [1.29, 1.82) is 0 Å². The number of rotatable bonds is 2. The van der Waals surface area contributed by atoms with E-state index in [1.165, 1.54) is 24.2 Å². The van der Waals surface area contributed by atoms with Gasteiger partial charge < -0.3 is 21.1 Å². The highest BCUT2D eigenvalue weighted by molar-refractivity contribution is 5.89. The summed E-state index contributed by atoms with van der Waals surface area (Å²) in [6.45, 7) is 0.221. The minimum atomic E-state index is -0.654. The van der Waals surface area contributed by atoms with Crippen LogP contribution >= 0.6 is 0 Å². The number of likely N-dealkylation sites (tertiary alicyclic amines) is 1. The van der Waals surface area contributed by atoms with Crippen LogP contribution in [0.3, 0.4) is 0 Å². The van der Waals surface area contributed by atoms with Crippen LogP contribution in [-0.2, 0) is 9.59 Å². The van der Waals surface area contributed by atoms with Gasteiger partial charge in [0, 0.05) is 19.0 Å². The highest BCUT2D eigenvalue weighted by Gasteiger charge is 2.42. The predicted octanol–water partition coefficient (Wildman–Crippen LogP) is -0.256. The number of carbonyl (C=O) groups excluding carboxylic acids is 2. The molecule has 2 amide bonds. The SMILES string of the molecule is NC(=O)C1CC(O)CN1C(=O)C1CCC2CCCCC2N1. The Labute approximate surface area is 125 Å². The lowest BCUT2D eigenvalue weighted by atomic mass is 9.77. The fraction of sp³-hybridized carbons (Fsp3) is 0.867. The number of hydrogen-bond donors (Lipinski definition) is 3. The van der Waals surface area contributed by atoms with Gasteiger partial charge in [0.25, 0.3) is 0 Å². The number of carbonyl (C=O) groups is 2. The van der Waals surface area contributed by atoms with Gasteiger partial charge >= 0.3 is 0 Å². The van der Waals surface area contributed by atoms with E-state index in [9.17, 15) is 14.7 Å². The lowest BCUT2D eigenvalue weighted by molar-refractivity contribution is -0.140. The summed E-state index contributed by atoms with van der Waals surface area (Å²) in [5.41, 5.74) is 5.36. The van der Waals surface area contributed by atoms with Gasteiger partial charge in [0.2, 0.25) is 11.8 Å². The largest absolute Gasteiger partial charge is 0.391 e. The molecule has 2 saturated heterocycles. The fourth-order valence-corrected chi connectivity index (χ4v) is 4.22. The topological polar surface area (TPSA) is 95.7 Å². The first-order chi connectivity index (χ1) is 10.1. The molecule has 4 N–H and O–H groups in total. The molecule has 0 spiro atoms. The van der Waals surface area contributed by atoms with Gasteiger partial charge in [0.15, 0.2) is 0 Å². The third kappa shape index (κ3) is 2.92. The molecule has 3 fully saturated rings. The Morgan fingerprint density at radius 2 is 1.90 bits per heavy atom. The van der Waals surface area contributed by atoms with Gasteiger partial charge in [-0.05, 0) is 31.6 Å². The molecule has 1 saturated carbocycles. The molecule has 2 aliphatic heterocycles. The summed E-state index contributed by atoms with van der Waals surface area (Å²) in [5, 5.41) is 13.2. The molecule has 5 atom stereocenters. The van der Waals surface area contributed by atoms with Crippen molar-refractivity contribution >= 4 is 11.8 Å². The Morgan fingerprint density at radius 3 is 2.67 bits per heavy atom. The Balaban J connectivity index is 1.66. The molecule has 0 bridgehead atoms. The van der Waals surface area contributed by atoms with Gasteiger partial charge in [-0.25, -0.2) is 0 Å². The first-order valence-corrected chi connectivity index (χ1v) is 8.10. The number of nitrogens with two attached hydrogens (primary N) is 1. The van der Waals surface area contributed by atoms with Gasteiger partial charge in [-0.1, -0.05) is 12.8 Å². The smallest absolute Gasteiger partial charge is 0.240 e. The molecular formula is C15H25N3O3. The van der Waals surface area contributed by atoms with Crippen LogP contribution in [-0.4, -0.2) is 52.6 Å². The number of aliphatic hydroxyl groups is 1. The number of amides is 2. The van der Waals surface area contributed by atoms with Gasteiger partial charge in [-0.3, -0.25) is 9.59 Å². The quantitative estimate of drug-likeness (QED) is 0.654. The number of hydrogen-bond acceptors (Lipinski definition) is 4. The third-order valence-electron chi connectivity index (χ3n) is 5.34. The Hall–Kier alpha value is -1.14. The normalized spacial score (nSPS) is 39.9. The average molecular weight is 295 g/mol. The van der Waals surface area contributed by atoms with Crippen LogP contribution in [0.5, 0.6) is 0 Å². The maximum atomic E-state index is 12.7. The molecule has 0 aromatic rings. The Morgan fingerprint density at radius 1 is 1.14 bits per heavy atom. The van der Waals surface area contributed by atoms with Gasteiger partial charge in [0.1, 0.15) is 6.04 Å². The fourth-order valence-electron chi connectivity index (χ4n) is 4.22. The van der Waals surface area contributed by atoms with E-state index in [0.29, 0.717) is 12.0 Å². The van der Waals surface area contributed by atoms with E-state index in [0.717, 1.165) is 19.3 Å². The summed E-state index contributed by atoms with van der Waals surface area (Å²) in [7, 11) is 0. The molecule has 2 heterocycles. The zero-order chi connectivity index (χ0) is 15.0. The Kier molecular flexibility index (Phi) is 4.17. The van der Waals surface area contributed by atoms with Crippen molar-refractivity contribution in [2.45, 2.75) is 69.2 Å². The molecule has 0 aromatic heterocycles. The van der Waals surface area contributed by atoms with Gasteiger partial charge in [0.05, 0.1) is 12.1 Å². The molecule has 3 rings (SSSR count). The lowest BCUT2D eigenvalue weighted by Gasteiger charge is -2.41. The average Bonchev–Trinajstić information content (AvgIpc) is 2.88. The van der Waals surface area contributed by atoms with Gasteiger partial charge in [-0.2, -0.15) is 0 Å². The van der Waals surface area contributed by atoms with Crippen LogP contribution in [0.2, 0.25) is 0 Å². The zero-order valence-corrected chi connectivity index (χ0v) is 12.3. The van der Waals surface area contributed by atoms with E-state index in [1.54, 1.807) is 0 Å². The zero-order valence-electron chi connectivity index (χ0n) is 12.3. The second kappa shape index (κ2) is 5.93. The van der Waals surface area contributed by atoms with E-state index in [-0.39, 0.29) is 24.9 Å². The first kappa shape index (κ1) is 14.8. The number of β-amino-alcohol motifs (C(OH)–C–C–N with tert-alkyl or cyclic N) is 1. The van der Waals surface area contributed by atoms with Crippen LogP contribution in [0, 0.1) is 5.92 Å². The number of primary amides is 1.